The maximum Gasteiger partial charge on any atom is 0.163 e. The highest BCUT2D eigenvalue weighted by Gasteiger charge is 2.27. The zero-order chi connectivity index (χ0) is 14.4. The van der Waals surface area contributed by atoms with Crippen LogP contribution in [0.4, 0.5) is 0 Å². The number of ketones is 1. The highest BCUT2D eigenvalue weighted by molar-refractivity contribution is 5.86. The second kappa shape index (κ2) is 7.55. The van der Waals surface area contributed by atoms with Gasteiger partial charge in [-0.25, -0.2) is 0 Å². The zero-order valence-electron chi connectivity index (χ0n) is 12.7. The molecule has 0 unspecified atom stereocenters. The van der Waals surface area contributed by atoms with E-state index in [1.807, 2.05) is 6.07 Å². The Kier molecular flexibility index (Phi) is 5.74. The minimum Gasteiger partial charge on any atom is -0.299 e. The number of carbonyl (C=O) groups is 1. The highest BCUT2D eigenvalue weighted by atomic mass is 16.1. The molecule has 20 heavy (non-hydrogen) atoms. The van der Waals surface area contributed by atoms with Crippen molar-refractivity contribution in [1.29, 1.82) is 0 Å². The van der Waals surface area contributed by atoms with E-state index in [0.717, 1.165) is 38.8 Å². The Morgan fingerprint density at radius 2 is 2.10 bits per heavy atom. The van der Waals surface area contributed by atoms with E-state index in [9.17, 15) is 4.79 Å². The van der Waals surface area contributed by atoms with Gasteiger partial charge < -0.3 is 0 Å². The molecule has 110 valence electrons. The van der Waals surface area contributed by atoms with Crippen molar-refractivity contribution in [2.24, 2.45) is 0 Å². The van der Waals surface area contributed by atoms with Crippen LogP contribution < -0.4 is 0 Å². The van der Waals surface area contributed by atoms with Crippen LogP contribution in [0.15, 0.2) is 30.3 Å². The molecule has 0 N–H and O–H groups in total. The molecular weight excluding hydrogens is 248 g/mol. The van der Waals surface area contributed by atoms with Gasteiger partial charge in [-0.15, -0.1) is 0 Å². The molecule has 0 spiro atoms. The monoisotopic (exact) mass is 274 g/mol. The van der Waals surface area contributed by atoms with Gasteiger partial charge in [0.1, 0.15) is 0 Å². The fourth-order valence-corrected chi connectivity index (χ4v) is 2.97. The smallest absolute Gasteiger partial charge is 0.163 e. The average Bonchev–Trinajstić information content (AvgIpc) is 2.86. The second-order valence-corrected chi connectivity index (χ2v) is 5.93. The molecule has 1 aliphatic rings. The first-order valence-electron chi connectivity index (χ1n) is 7.62. The molecule has 3 heteroatoms. The molecule has 1 saturated heterocycles. The van der Waals surface area contributed by atoms with E-state index in [2.05, 4.69) is 48.2 Å². The standard InChI is InChI=1S/C17H26N2O/c1-18(12-6-10-15-8-4-3-5-9-15)14-17(20)16-11-7-13-19(16)2/h3-5,8-9,16H,6-7,10-14H2,1-2H3/t16-/m0/s1. The molecule has 1 atom stereocenters. The van der Waals surface area contributed by atoms with Crippen molar-refractivity contribution >= 4 is 5.78 Å². The van der Waals surface area contributed by atoms with E-state index in [4.69, 9.17) is 0 Å². The van der Waals surface area contributed by atoms with Crippen molar-refractivity contribution in [3.05, 3.63) is 35.9 Å². The predicted molar refractivity (Wildman–Crippen MR) is 82.9 cm³/mol. The summed E-state index contributed by atoms with van der Waals surface area (Å²) in [5.41, 5.74) is 1.38. The van der Waals surface area contributed by atoms with E-state index in [1.165, 1.54) is 5.56 Å². The van der Waals surface area contributed by atoms with Crippen LogP contribution in [0.2, 0.25) is 0 Å². The molecule has 1 aliphatic heterocycles. The Bertz CT molecular complexity index is 418. The maximum atomic E-state index is 12.2. The fourth-order valence-electron chi connectivity index (χ4n) is 2.97. The van der Waals surface area contributed by atoms with Crippen LogP contribution in [0.3, 0.4) is 0 Å². The lowest BCUT2D eigenvalue weighted by Crippen LogP contribution is -2.39. The van der Waals surface area contributed by atoms with Gasteiger partial charge in [0.25, 0.3) is 0 Å². The molecule has 0 aliphatic carbocycles. The van der Waals surface area contributed by atoms with Crippen molar-refractivity contribution in [1.82, 2.24) is 9.80 Å². The highest BCUT2D eigenvalue weighted by Crippen LogP contribution is 2.15. The van der Waals surface area contributed by atoms with Crippen LogP contribution in [0.25, 0.3) is 0 Å². The van der Waals surface area contributed by atoms with Gasteiger partial charge in [-0.3, -0.25) is 14.6 Å². The van der Waals surface area contributed by atoms with Crippen LogP contribution in [-0.2, 0) is 11.2 Å². The van der Waals surface area contributed by atoms with Gasteiger partial charge in [0.2, 0.25) is 0 Å². The molecule has 0 saturated carbocycles. The minimum absolute atomic E-state index is 0.159. The summed E-state index contributed by atoms with van der Waals surface area (Å²) in [6.45, 7) is 2.63. The summed E-state index contributed by atoms with van der Waals surface area (Å²) in [4.78, 5) is 16.6. The lowest BCUT2D eigenvalue weighted by Gasteiger charge is -2.22. The quantitative estimate of drug-likeness (QED) is 0.761. The number of carbonyl (C=O) groups excluding carboxylic acids is 1. The maximum absolute atomic E-state index is 12.2. The molecule has 0 aromatic heterocycles. The summed E-state index contributed by atoms with van der Waals surface area (Å²) in [6, 6.07) is 10.7. The summed E-state index contributed by atoms with van der Waals surface area (Å²) < 4.78 is 0. The van der Waals surface area contributed by atoms with Gasteiger partial charge >= 0.3 is 0 Å². The van der Waals surface area contributed by atoms with E-state index >= 15 is 0 Å². The van der Waals surface area contributed by atoms with Crippen molar-refractivity contribution in [3.63, 3.8) is 0 Å². The molecule has 2 rings (SSSR count). The zero-order valence-corrected chi connectivity index (χ0v) is 12.7. The Labute approximate surface area is 122 Å². The third-order valence-electron chi connectivity index (χ3n) is 4.17. The normalized spacial score (nSPS) is 19.6. The number of likely N-dealkylation sites (N-methyl/N-ethyl adjacent to an activating group) is 2. The van der Waals surface area contributed by atoms with Gasteiger partial charge in [-0.1, -0.05) is 30.3 Å². The molecule has 1 aromatic rings. The first kappa shape index (κ1) is 15.2. The third kappa shape index (κ3) is 4.43. The van der Waals surface area contributed by atoms with Gasteiger partial charge in [0.05, 0.1) is 12.6 Å². The first-order valence-corrected chi connectivity index (χ1v) is 7.62. The molecule has 1 heterocycles. The van der Waals surface area contributed by atoms with Crippen molar-refractivity contribution in [2.45, 2.75) is 31.7 Å². The Morgan fingerprint density at radius 1 is 1.35 bits per heavy atom. The topological polar surface area (TPSA) is 23.6 Å². The Hall–Kier alpha value is -1.19. The number of hydrogen-bond donors (Lipinski definition) is 0. The number of rotatable bonds is 7. The first-order chi connectivity index (χ1) is 9.66. The number of benzene rings is 1. The summed E-state index contributed by atoms with van der Waals surface area (Å²) in [7, 11) is 4.11. The van der Waals surface area contributed by atoms with Crippen LogP contribution >= 0.6 is 0 Å². The summed E-state index contributed by atoms with van der Waals surface area (Å²) >= 11 is 0. The number of hydrogen-bond acceptors (Lipinski definition) is 3. The molecule has 3 nitrogen and oxygen atoms in total. The third-order valence-corrected chi connectivity index (χ3v) is 4.17. The van der Waals surface area contributed by atoms with Crippen LogP contribution in [0, 0.1) is 0 Å². The van der Waals surface area contributed by atoms with Crippen LogP contribution in [0.5, 0.6) is 0 Å². The van der Waals surface area contributed by atoms with Crippen LogP contribution in [-0.4, -0.2) is 55.4 Å². The van der Waals surface area contributed by atoms with E-state index in [0.29, 0.717) is 12.3 Å². The molecule has 1 fully saturated rings. The molecular formula is C17H26N2O. The van der Waals surface area contributed by atoms with Gasteiger partial charge in [0.15, 0.2) is 5.78 Å². The van der Waals surface area contributed by atoms with Crippen molar-refractivity contribution < 1.29 is 4.79 Å². The SMILES string of the molecule is CN(CCCc1ccccc1)CC(=O)[C@@H]1CCCN1C. The van der Waals surface area contributed by atoms with E-state index < -0.39 is 0 Å². The van der Waals surface area contributed by atoms with Crippen LogP contribution in [0.1, 0.15) is 24.8 Å². The summed E-state index contributed by atoms with van der Waals surface area (Å²) in [5.74, 6) is 0.382. The molecule has 0 radical (unpaired) electrons. The largest absolute Gasteiger partial charge is 0.299 e. The number of Topliss-reactive ketones (excluding diaryl/α,β-unsaturated/α-hetero) is 1. The average molecular weight is 274 g/mol. The van der Waals surface area contributed by atoms with Gasteiger partial charge in [-0.05, 0) is 58.4 Å². The fraction of sp³-hybridized carbons (Fsp3) is 0.588. The second-order valence-electron chi connectivity index (χ2n) is 5.93. The minimum atomic E-state index is 0.159. The van der Waals surface area contributed by atoms with E-state index in [-0.39, 0.29) is 6.04 Å². The molecule has 0 bridgehead atoms. The summed E-state index contributed by atoms with van der Waals surface area (Å²) in [6.07, 6.45) is 4.38. The summed E-state index contributed by atoms with van der Waals surface area (Å²) in [5, 5.41) is 0. The predicted octanol–water partition coefficient (Wildman–Crippen LogP) is 2.21. The Balaban J connectivity index is 1.67. The lowest BCUT2D eigenvalue weighted by molar-refractivity contribution is -0.123. The number of aryl methyl sites for hydroxylation is 1. The van der Waals surface area contributed by atoms with Gasteiger partial charge in [0, 0.05) is 0 Å². The van der Waals surface area contributed by atoms with Crippen molar-refractivity contribution in [3.8, 4) is 0 Å². The number of nitrogens with zero attached hydrogens (tertiary/aromatic N) is 2. The lowest BCUT2D eigenvalue weighted by atomic mass is 10.1. The number of likely N-dealkylation sites (tertiary alicyclic amines) is 1. The molecule has 0 amide bonds. The molecule has 1 aromatic carbocycles. The van der Waals surface area contributed by atoms with E-state index in [1.54, 1.807) is 0 Å². The van der Waals surface area contributed by atoms with Gasteiger partial charge in [-0.2, -0.15) is 0 Å². The van der Waals surface area contributed by atoms with Crippen molar-refractivity contribution in [2.75, 3.05) is 33.7 Å². The Morgan fingerprint density at radius 3 is 2.75 bits per heavy atom.